The Morgan fingerprint density at radius 2 is 1.50 bits per heavy atom. The van der Waals surface area contributed by atoms with E-state index in [0.29, 0.717) is 0 Å². The third kappa shape index (κ3) is 4.82. The maximum absolute atomic E-state index is 10.9. The van der Waals surface area contributed by atoms with E-state index in [-0.39, 0.29) is 0 Å². The van der Waals surface area contributed by atoms with Gasteiger partial charge < -0.3 is 0 Å². The van der Waals surface area contributed by atoms with Crippen molar-refractivity contribution < 1.29 is 24.3 Å². The van der Waals surface area contributed by atoms with Crippen LogP contribution in [-0.4, -0.2) is 0 Å². The van der Waals surface area contributed by atoms with Gasteiger partial charge in [-0.05, 0) is 0 Å². The summed E-state index contributed by atoms with van der Waals surface area (Å²) in [5.41, 5.74) is 0. The summed E-state index contributed by atoms with van der Waals surface area (Å²) in [6.07, 6.45) is 2.26. The molecule has 0 aromatic heterocycles. The van der Waals surface area contributed by atoms with E-state index in [2.05, 4.69) is 13.8 Å². The molecule has 0 aliphatic heterocycles. The molecule has 0 radical (unpaired) electrons. The van der Waals surface area contributed by atoms with Crippen molar-refractivity contribution in [2.45, 2.75) is 35.0 Å². The summed E-state index contributed by atoms with van der Waals surface area (Å²) in [5.74, 6) is 0. The van der Waals surface area contributed by atoms with Gasteiger partial charge in [0.15, 0.2) is 0 Å². The zero-order valence-electron chi connectivity index (χ0n) is 5.74. The van der Waals surface area contributed by atoms with E-state index >= 15 is 0 Å². The molecule has 1 nitrogen and oxygen atoms in total. The molecule has 8 heavy (non-hydrogen) atoms. The van der Waals surface area contributed by atoms with Crippen LogP contribution < -0.4 is 0 Å². The Morgan fingerprint density at radius 3 is 1.75 bits per heavy atom. The molecule has 48 valence electrons. The fourth-order valence-corrected chi connectivity index (χ4v) is 5.59. The molecule has 0 aliphatic carbocycles. The molecule has 0 unspecified atom stereocenters. The predicted molar refractivity (Wildman–Crippen MR) is 30.9 cm³/mol. The summed E-state index contributed by atoms with van der Waals surface area (Å²) in [4.78, 5) is 0. The van der Waals surface area contributed by atoms with E-state index in [4.69, 9.17) is 0 Å². The molecule has 0 amide bonds. The fraction of sp³-hybridized carbons (Fsp3) is 1.00. The predicted octanol–water partition coefficient (Wildman–Crippen LogP) is 2.61. The molecule has 0 spiro atoms. The van der Waals surface area contributed by atoms with Crippen LogP contribution in [0.3, 0.4) is 0 Å². The van der Waals surface area contributed by atoms with Crippen LogP contribution in [0.1, 0.15) is 26.7 Å². The number of hydrogen-bond donors (Lipinski definition) is 0. The van der Waals surface area contributed by atoms with E-state index < -0.39 is 21.4 Å². The topological polar surface area (TPSA) is 17.1 Å². The molecule has 0 aromatic carbocycles. The Kier molecular flexibility index (Phi) is 6.29. The average molecular weight is 281 g/mol. The molecule has 0 N–H and O–H groups in total. The van der Waals surface area contributed by atoms with Crippen molar-refractivity contribution in [1.82, 2.24) is 0 Å². The summed E-state index contributed by atoms with van der Waals surface area (Å²) in [6.45, 7) is 4.22. The van der Waals surface area contributed by atoms with Gasteiger partial charge in [0.05, 0.1) is 0 Å². The van der Waals surface area contributed by atoms with Crippen LogP contribution in [0.5, 0.6) is 0 Å². The van der Waals surface area contributed by atoms with Gasteiger partial charge >= 0.3 is 59.3 Å². The van der Waals surface area contributed by atoms with Crippen molar-refractivity contribution in [3.63, 3.8) is 0 Å². The van der Waals surface area contributed by atoms with E-state index in [1.165, 1.54) is 0 Å². The van der Waals surface area contributed by atoms with E-state index in [1.807, 2.05) is 0 Å². The SMILES string of the molecule is CC[CH2][Hf](=[O])[CH2]CC. The van der Waals surface area contributed by atoms with Crippen molar-refractivity contribution in [3.05, 3.63) is 0 Å². The van der Waals surface area contributed by atoms with Crippen LogP contribution in [0.4, 0.5) is 0 Å². The van der Waals surface area contributed by atoms with Gasteiger partial charge in [-0.2, -0.15) is 0 Å². The van der Waals surface area contributed by atoms with Crippen molar-refractivity contribution in [3.8, 4) is 0 Å². The summed E-state index contributed by atoms with van der Waals surface area (Å²) in [5, 5.41) is 0. The second-order valence-corrected chi connectivity index (χ2v) is 9.50. The molecule has 0 saturated carbocycles. The summed E-state index contributed by atoms with van der Waals surface area (Å²) in [7, 11) is 0. The third-order valence-electron chi connectivity index (χ3n) is 1.06. The van der Waals surface area contributed by atoms with E-state index in [9.17, 15) is 2.85 Å². The normalized spacial score (nSPS) is 9.25. The Labute approximate surface area is 59.4 Å². The Bertz CT molecular complexity index is 62.9. The first-order chi connectivity index (χ1) is 3.81. The standard InChI is InChI=1S/2C3H7.Hf.O/c2*1-3-2;;/h2*1,3H2,2H3;;. The van der Waals surface area contributed by atoms with Gasteiger partial charge in [0.1, 0.15) is 0 Å². The Hall–Kier alpha value is 0.670. The van der Waals surface area contributed by atoms with Crippen LogP contribution in [0.25, 0.3) is 0 Å². The van der Waals surface area contributed by atoms with Gasteiger partial charge in [0.25, 0.3) is 0 Å². The Morgan fingerprint density at radius 1 is 1.12 bits per heavy atom. The van der Waals surface area contributed by atoms with E-state index in [1.54, 1.807) is 0 Å². The molecule has 0 rings (SSSR count). The minimum absolute atomic E-state index is 1.07. The first-order valence-electron chi connectivity index (χ1n) is 3.33. The fourth-order valence-electron chi connectivity index (χ4n) is 0.683. The molecule has 0 saturated heterocycles. The molecular formula is C6H14HfO. The van der Waals surface area contributed by atoms with Gasteiger partial charge in [-0.1, -0.05) is 0 Å². The van der Waals surface area contributed by atoms with Crippen molar-refractivity contribution >= 4 is 0 Å². The van der Waals surface area contributed by atoms with Gasteiger partial charge in [0, 0.05) is 0 Å². The molecule has 0 aliphatic rings. The molecule has 0 bridgehead atoms. The van der Waals surface area contributed by atoms with Crippen LogP contribution in [0.2, 0.25) is 8.35 Å². The zero-order chi connectivity index (χ0) is 6.41. The second kappa shape index (κ2) is 5.80. The molecule has 0 aromatic rings. The molecule has 0 fully saturated rings. The number of hydrogen-bond acceptors (Lipinski definition) is 1. The van der Waals surface area contributed by atoms with Gasteiger partial charge in [-0.25, -0.2) is 0 Å². The summed E-state index contributed by atoms with van der Waals surface area (Å²) >= 11 is -2.07. The molecule has 2 heteroatoms. The van der Waals surface area contributed by atoms with Gasteiger partial charge in [0.2, 0.25) is 0 Å². The third-order valence-corrected chi connectivity index (χ3v) is 8.66. The van der Waals surface area contributed by atoms with Crippen LogP contribution in [-0.2, 0) is 24.3 Å². The van der Waals surface area contributed by atoms with Gasteiger partial charge in [-0.15, -0.1) is 0 Å². The quantitative estimate of drug-likeness (QED) is 0.724. The average Bonchev–Trinajstić information content (AvgIpc) is 1.68. The van der Waals surface area contributed by atoms with E-state index in [0.717, 1.165) is 21.2 Å². The first-order valence-corrected chi connectivity index (χ1v) is 9.87. The summed E-state index contributed by atoms with van der Waals surface area (Å²) in [6, 6.07) is 0. The van der Waals surface area contributed by atoms with Crippen LogP contribution in [0, 0.1) is 0 Å². The Balaban J connectivity index is 3.06. The van der Waals surface area contributed by atoms with Crippen LogP contribution >= 0.6 is 0 Å². The minimum atomic E-state index is -2.07. The van der Waals surface area contributed by atoms with Crippen molar-refractivity contribution in [1.29, 1.82) is 0 Å². The second-order valence-electron chi connectivity index (χ2n) is 2.04. The summed E-state index contributed by atoms with van der Waals surface area (Å²) < 4.78 is 13.1. The van der Waals surface area contributed by atoms with Crippen LogP contribution in [0.15, 0.2) is 0 Å². The van der Waals surface area contributed by atoms with Crippen molar-refractivity contribution in [2.75, 3.05) is 0 Å². The molecule has 0 atom stereocenters. The molecule has 0 heterocycles. The monoisotopic (exact) mass is 282 g/mol. The zero-order valence-corrected chi connectivity index (χ0v) is 9.33. The van der Waals surface area contributed by atoms with Gasteiger partial charge in [-0.3, -0.25) is 0 Å². The number of rotatable bonds is 4. The van der Waals surface area contributed by atoms with Crippen molar-refractivity contribution in [2.24, 2.45) is 0 Å². The first kappa shape index (κ1) is 8.67. The molecular weight excluding hydrogens is 267 g/mol. The maximum atomic E-state index is 10.9.